The van der Waals surface area contributed by atoms with Crippen LogP contribution in [0.2, 0.25) is 23.2 Å². The highest BCUT2D eigenvalue weighted by Crippen LogP contribution is 2.40. The van der Waals surface area contributed by atoms with Crippen LogP contribution in [-0.2, 0) is 18.4 Å². The Labute approximate surface area is 219 Å². The Morgan fingerprint density at radius 3 is 1.86 bits per heavy atom. The van der Waals surface area contributed by atoms with Gasteiger partial charge < -0.3 is 18.7 Å². The number of rotatable bonds is 9. The molecule has 36 heavy (non-hydrogen) atoms. The number of aliphatic hydroxyl groups is 1. The van der Waals surface area contributed by atoms with Crippen LogP contribution in [0.25, 0.3) is 0 Å². The normalized spacial score (nSPS) is 20.3. The number of benzene rings is 2. The van der Waals surface area contributed by atoms with E-state index in [1.54, 1.807) is 0 Å². The zero-order chi connectivity index (χ0) is 26.8. The fourth-order valence-corrected chi connectivity index (χ4v) is 10.7. The van der Waals surface area contributed by atoms with Gasteiger partial charge in [0.15, 0.2) is 14.4 Å². The van der Waals surface area contributed by atoms with Crippen LogP contribution in [0.4, 0.5) is 0 Å². The lowest BCUT2D eigenvalue weighted by atomic mass is 10.1. The molecule has 2 aromatic rings. The zero-order valence-corrected chi connectivity index (χ0v) is 25.2. The molecule has 198 valence electrons. The average Bonchev–Trinajstić information content (AvgIpc) is 3.15. The molecule has 3 atom stereocenters. The van der Waals surface area contributed by atoms with E-state index in [0.717, 1.165) is 0 Å². The molecule has 1 N–H and O–H groups in total. The topological polar surface area (TPSA) is 65.0 Å². The van der Waals surface area contributed by atoms with Crippen molar-refractivity contribution < 1.29 is 23.5 Å². The van der Waals surface area contributed by atoms with E-state index in [2.05, 4.69) is 103 Å². The molecule has 0 aliphatic carbocycles. The summed E-state index contributed by atoms with van der Waals surface area (Å²) < 4.78 is 19.0. The number of esters is 1. The van der Waals surface area contributed by atoms with E-state index in [1.807, 2.05) is 12.1 Å². The van der Waals surface area contributed by atoms with Gasteiger partial charge in [-0.25, -0.2) is 0 Å². The standard InChI is InChI=1S/C29H44O5Si2/c1-28(2,3)35(7,8)34-25-21-26(31)33-27(25)24(30)19-20-32-36(29(4,5)6,22-15-11-9-12-16-22)23-17-13-10-14-18-23/h9-18,24-25,27,30H,19-21H2,1-8H3/t24-,25-,27+/m0/s1. The molecular weight excluding hydrogens is 484 g/mol. The van der Waals surface area contributed by atoms with E-state index in [1.165, 1.54) is 10.4 Å². The van der Waals surface area contributed by atoms with Crippen LogP contribution < -0.4 is 10.4 Å². The van der Waals surface area contributed by atoms with Crippen molar-refractivity contribution in [1.82, 2.24) is 0 Å². The summed E-state index contributed by atoms with van der Waals surface area (Å²) in [5.41, 5.74) is 0. The minimum atomic E-state index is -2.69. The molecule has 1 fully saturated rings. The third kappa shape index (κ3) is 6.02. The van der Waals surface area contributed by atoms with Gasteiger partial charge in [0.05, 0.1) is 18.6 Å². The maximum atomic E-state index is 12.2. The van der Waals surface area contributed by atoms with E-state index in [-0.39, 0.29) is 22.5 Å². The summed E-state index contributed by atoms with van der Waals surface area (Å²) in [6.45, 7) is 17.9. The molecule has 5 nitrogen and oxygen atoms in total. The molecule has 1 aliphatic heterocycles. The largest absolute Gasteiger partial charge is 0.457 e. The molecule has 0 bridgehead atoms. The van der Waals surface area contributed by atoms with Crippen LogP contribution in [0.3, 0.4) is 0 Å². The lowest BCUT2D eigenvalue weighted by Crippen LogP contribution is -2.66. The quantitative estimate of drug-likeness (QED) is 0.366. The van der Waals surface area contributed by atoms with Crippen molar-refractivity contribution in [2.24, 2.45) is 0 Å². The fraction of sp³-hybridized carbons (Fsp3) is 0.552. The lowest BCUT2D eigenvalue weighted by molar-refractivity contribution is -0.146. The number of aliphatic hydroxyl groups excluding tert-OH is 1. The van der Waals surface area contributed by atoms with Gasteiger partial charge in [0.25, 0.3) is 8.32 Å². The molecule has 0 unspecified atom stereocenters. The Bertz CT molecular complexity index is 956. The highest BCUT2D eigenvalue weighted by Gasteiger charge is 2.51. The van der Waals surface area contributed by atoms with Gasteiger partial charge in [-0.15, -0.1) is 0 Å². The highest BCUT2D eigenvalue weighted by atomic mass is 28.4. The maximum Gasteiger partial charge on any atom is 0.308 e. The van der Waals surface area contributed by atoms with Crippen molar-refractivity contribution >= 4 is 33.0 Å². The molecule has 7 heteroatoms. The molecule has 3 rings (SSSR count). The van der Waals surface area contributed by atoms with Crippen molar-refractivity contribution in [3.63, 3.8) is 0 Å². The summed E-state index contributed by atoms with van der Waals surface area (Å²) in [5.74, 6) is -0.310. The lowest BCUT2D eigenvalue weighted by Gasteiger charge is -2.43. The highest BCUT2D eigenvalue weighted by molar-refractivity contribution is 6.99. The maximum absolute atomic E-state index is 12.2. The third-order valence-corrected chi connectivity index (χ3v) is 17.3. The number of carbonyl (C=O) groups excluding carboxylic acids is 1. The van der Waals surface area contributed by atoms with Crippen molar-refractivity contribution in [3.05, 3.63) is 60.7 Å². The molecular formula is C29H44O5Si2. The number of hydrogen-bond donors (Lipinski definition) is 1. The molecule has 0 saturated carbocycles. The third-order valence-electron chi connectivity index (χ3n) is 7.78. The molecule has 1 heterocycles. The van der Waals surface area contributed by atoms with E-state index in [9.17, 15) is 9.90 Å². The first-order chi connectivity index (χ1) is 16.7. The molecule has 0 aromatic heterocycles. The molecule has 2 aromatic carbocycles. The Hall–Kier alpha value is -1.78. The SMILES string of the molecule is CC(C)(C)[Si](C)(C)O[C@H]1CC(=O)O[C@@H]1[C@@H](O)CCO[Si](c1ccccc1)(c1ccccc1)C(C)(C)C. The summed E-state index contributed by atoms with van der Waals surface area (Å²) in [6.07, 6.45) is -1.41. The smallest absolute Gasteiger partial charge is 0.308 e. The number of hydrogen-bond acceptors (Lipinski definition) is 5. The van der Waals surface area contributed by atoms with Gasteiger partial charge >= 0.3 is 5.97 Å². The Morgan fingerprint density at radius 2 is 1.42 bits per heavy atom. The van der Waals surface area contributed by atoms with E-state index >= 15 is 0 Å². The van der Waals surface area contributed by atoms with Crippen LogP contribution in [0, 0.1) is 0 Å². The molecule has 0 radical (unpaired) electrons. The first-order valence-corrected chi connectivity index (χ1v) is 17.8. The van der Waals surface area contributed by atoms with Crippen LogP contribution in [0.15, 0.2) is 60.7 Å². The Morgan fingerprint density at radius 1 is 0.917 bits per heavy atom. The summed E-state index contributed by atoms with van der Waals surface area (Å²) >= 11 is 0. The van der Waals surface area contributed by atoms with Gasteiger partial charge in [0, 0.05) is 6.61 Å². The molecule has 0 amide bonds. The van der Waals surface area contributed by atoms with E-state index < -0.39 is 34.9 Å². The van der Waals surface area contributed by atoms with E-state index in [0.29, 0.717) is 13.0 Å². The van der Waals surface area contributed by atoms with Gasteiger partial charge in [0.1, 0.15) is 0 Å². The van der Waals surface area contributed by atoms with Crippen LogP contribution in [0.5, 0.6) is 0 Å². The summed E-state index contributed by atoms with van der Waals surface area (Å²) in [4.78, 5) is 12.2. The van der Waals surface area contributed by atoms with Gasteiger partial charge in [-0.2, -0.15) is 0 Å². The van der Waals surface area contributed by atoms with E-state index in [4.69, 9.17) is 13.6 Å². The summed E-state index contributed by atoms with van der Waals surface area (Å²) in [5, 5.41) is 13.4. The first kappa shape index (κ1) is 28.8. The second kappa shape index (κ2) is 10.9. The average molecular weight is 529 g/mol. The number of carbonyl (C=O) groups is 1. The van der Waals surface area contributed by atoms with Crippen molar-refractivity contribution in [1.29, 1.82) is 0 Å². The minimum absolute atomic E-state index is 0.000526. The summed E-state index contributed by atoms with van der Waals surface area (Å²) in [7, 11) is -4.82. The monoisotopic (exact) mass is 528 g/mol. The number of ether oxygens (including phenoxy) is 1. The molecule has 0 spiro atoms. The van der Waals surface area contributed by atoms with Gasteiger partial charge in [-0.3, -0.25) is 4.79 Å². The van der Waals surface area contributed by atoms with Crippen LogP contribution in [-0.4, -0.2) is 52.6 Å². The fourth-order valence-electron chi connectivity index (χ4n) is 4.81. The minimum Gasteiger partial charge on any atom is -0.457 e. The van der Waals surface area contributed by atoms with Gasteiger partial charge in [-0.1, -0.05) is 102 Å². The predicted molar refractivity (Wildman–Crippen MR) is 151 cm³/mol. The summed E-state index contributed by atoms with van der Waals surface area (Å²) in [6, 6.07) is 20.9. The second-order valence-corrected chi connectivity index (χ2v) is 21.5. The Kier molecular flexibility index (Phi) is 8.73. The van der Waals surface area contributed by atoms with Crippen molar-refractivity contribution in [2.75, 3.05) is 6.61 Å². The van der Waals surface area contributed by atoms with Crippen molar-refractivity contribution in [2.45, 2.75) is 95.9 Å². The van der Waals surface area contributed by atoms with Crippen LogP contribution in [0.1, 0.15) is 54.4 Å². The first-order valence-electron chi connectivity index (χ1n) is 13.0. The molecule has 1 saturated heterocycles. The number of cyclic esters (lactones) is 1. The Balaban J connectivity index is 1.82. The van der Waals surface area contributed by atoms with Gasteiger partial charge in [-0.05, 0) is 40.0 Å². The van der Waals surface area contributed by atoms with Crippen LogP contribution >= 0.6 is 0 Å². The van der Waals surface area contributed by atoms with Gasteiger partial charge in [0.2, 0.25) is 0 Å². The zero-order valence-electron chi connectivity index (χ0n) is 23.2. The second-order valence-electron chi connectivity index (χ2n) is 12.4. The predicted octanol–water partition coefficient (Wildman–Crippen LogP) is 5.02. The molecule has 1 aliphatic rings. The van der Waals surface area contributed by atoms with Crippen molar-refractivity contribution in [3.8, 4) is 0 Å².